The molecule has 3 heteroatoms. The summed E-state index contributed by atoms with van der Waals surface area (Å²) in [6.07, 6.45) is -0.585. The second kappa shape index (κ2) is 7.74. The molecule has 2 aromatic carbocycles. The number of nitrogens with zero attached hydrogens (tertiary/aromatic N) is 1. The second-order valence-corrected chi connectivity index (χ2v) is 5.79. The predicted octanol–water partition coefficient (Wildman–Crippen LogP) is 3.58. The van der Waals surface area contributed by atoms with Crippen molar-refractivity contribution >= 4 is 0 Å². The molecule has 0 saturated carbocycles. The van der Waals surface area contributed by atoms with Crippen molar-refractivity contribution in [3.8, 4) is 6.07 Å². The molecule has 2 N–H and O–H groups in total. The first-order valence-electron chi connectivity index (χ1n) is 7.58. The van der Waals surface area contributed by atoms with Gasteiger partial charge in [-0.25, -0.2) is 0 Å². The molecule has 2 rings (SSSR count). The van der Waals surface area contributed by atoms with Crippen LogP contribution in [0.15, 0.2) is 54.6 Å². The molecule has 0 aromatic heterocycles. The van der Waals surface area contributed by atoms with E-state index in [0.29, 0.717) is 18.0 Å². The summed E-state index contributed by atoms with van der Waals surface area (Å²) in [5.74, 6) is 0.426. The van der Waals surface area contributed by atoms with Crippen LogP contribution < -0.4 is 5.32 Å². The van der Waals surface area contributed by atoms with Crippen LogP contribution in [0.4, 0.5) is 0 Å². The molecule has 0 aliphatic rings. The minimum atomic E-state index is -0.585. The highest BCUT2D eigenvalue weighted by Gasteiger charge is 2.17. The minimum Gasteiger partial charge on any atom is -0.387 e. The van der Waals surface area contributed by atoms with E-state index in [1.54, 1.807) is 24.3 Å². The molecule has 0 fully saturated rings. The first-order chi connectivity index (χ1) is 10.6. The van der Waals surface area contributed by atoms with Crippen molar-refractivity contribution in [1.29, 1.82) is 5.26 Å². The fourth-order valence-corrected chi connectivity index (χ4v) is 2.54. The average Bonchev–Trinajstić information content (AvgIpc) is 2.55. The number of hydrogen-bond acceptors (Lipinski definition) is 3. The quantitative estimate of drug-likeness (QED) is 0.856. The first-order valence-corrected chi connectivity index (χ1v) is 7.58. The van der Waals surface area contributed by atoms with Crippen LogP contribution in [0.5, 0.6) is 0 Å². The van der Waals surface area contributed by atoms with Crippen LogP contribution in [0, 0.1) is 17.2 Å². The normalized spacial score (nSPS) is 13.6. The van der Waals surface area contributed by atoms with E-state index in [4.69, 9.17) is 5.26 Å². The maximum absolute atomic E-state index is 10.3. The van der Waals surface area contributed by atoms with E-state index in [0.717, 1.165) is 5.56 Å². The second-order valence-electron chi connectivity index (χ2n) is 5.79. The third-order valence-corrected chi connectivity index (χ3v) is 3.78. The number of hydrogen-bond donors (Lipinski definition) is 2. The maximum Gasteiger partial charge on any atom is 0.0991 e. The van der Waals surface area contributed by atoms with Gasteiger partial charge in [-0.1, -0.05) is 56.3 Å². The molecule has 114 valence electrons. The standard InChI is InChI=1S/C19H22N2O/c1-14(2)19(17-6-4-3-5-7-17)21-13-18(22)16-10-8-15(12-20)9-11-16/h3-11,14,18-19,21-22H,13H2,1-2H3. The Morgan fingerprint density at radius 3 is 2.18 bits per heavy atom. The molecular weight excluding hydrogens is 272 g/mol. The molecule has 0 radical (unpaired) electrons. The van der Waals surface area contributed by atoms with Gasteiger partial charge in [-0.15, -0.1) is 0 Å². The molecule has 0 saturated heterocycles. The number of rotatable bonds is 6. The van der Waals surface area contributed by atoms with Gasteiger partial charge in [0.05, 0.1) is 17.7 Å². The number of benzene rings is 2. The number of aliphatic hydroxyl groups is 1. The van der Waals surface area contributed by atoms with E-state index in [2.05, 4.69) is 37.4 Å². The summed E-state index contributed by atoms with van der Waals surface area (Å²) in [4.78, 5) is 0. The summed E-state index contributed by atoms with van der Waals surface area (Å²) in [6, 6.07) is 19.6. The third-order valence-electron chi connectivity index (χ3n) is 3.78. The molecule has 0 heterocycles. The molecule has 22 heavy (non-hydrogen) atoms. The Balaban J connectivity index is 2.01. The van der Waals surface area contributed by atoms with Gasteiger partial charge < -0.3 is 10.4 Å². The molecule has 0 amide bonds. The largest absolute Gasteiger partial charge is 0.387 e. The lowest BCUT2D eigenvalue weighted by molar-refractivity contribution is 0.165. The lowest BCUT2D eigenvalue weighted by atomic mass is 9.95. The minimum absolute atomic E-state index is 0.203. The summed E-state index contributed by atoms with van der Waals surface area (Å²) < 4.78 is 0. The molecule has 2 aromatic rings. The summed E-state index contributed by atoms with van der Waals surface area (Å²) in [7, 11) is 0. The summed E-state index contributed by atoms with van der Waals surface area (Å²) in [6.45, 7) is 4.81. The molecule has 0 bridgehead atoms. The smallest absolute Gasteiger partial charge is 0.0991 e. The molecule has 2 unspecified atom stereocenters. The van der Waals surface area contributed by atoms with Gasteiger partial charge in [0.15, 0.2) is 0 Å². The fraction of sp³-hybridized carbons (Fsp3) is 0.316. The van der Waals surface area contributed by atoms with E-state index in [1.165, 1.54) is 5.56 Å². The van der Waals surface area contributed by atoms with Gasteiger partial charge in [0, 0.05) is 12.6 Å². The SMILES string of the molecule is CC(C)C(NCC(O)c1ccc(C#N)cc1)c1ccccc1. The van der Waals surface area contributed by atoms with Crippen molar-refractivity contribution in [2.45, 2.75) is 26.0 Å². The molecule has 2 atom stereocenters. The molecule has 3 nitrogen and oxygen atoms in total. The molecule has 0 aliphatic heterocycles. The van der Waals surface area contributed by atoms with Crippen molar-refractivity contribution in [2.24, 2.45) is 5.92 Å². The van der Waals surface area contributed by atoms with E-state index < -0.39 is 6.10 Å². The van der Waals surface area contributed by atoms with Gasteiger partial charge >= 0.3 is 0 Å². The van der Waals surface area contributed by atoms with Crippen LogP contribution in [-0.2, 0) is 0 Å². The van der Waals surface area contributed by atoms with Gasteiger partial charge in [-0.05, 0) is 29.2 Å². The molecule has 0 spiro atoms. The van der Waals surface area contributed by atoms with Crippen LogP contribution in [-0.4, -0.2) is 11.7 Å². The zero-order valence-electron chi connectivity index (χ0n) is 13.0. The summed E-state index contributed by atoms with van der Waals surface area (Å²) in [5, 5.41) is 22.6. The van der Waals surface area contributed by atoms with Gasteiger partial charge in [0.25, 0.3) is 0 Å². The highest BCUT2D eigenvalue weighted by Crippen LogP contribution is 2.22. The fourth-order valence-electron chi connectivity index (χ4n) is 2.54. The number of nitrogens with one attached hydrogen (secondary N) is 1. The van der Waals surface area contributed by atoms with Crippen molar-refractivity contribution in [2.75, 3.05) is 6.54 Å². The third kappa shape index (κ3) is 4.17. The Morgan fingerprint density at radius 1 is 1.00 bits per heavy atom. The Bertz CT molecular complexity index is 614. The summed E-state index contributed by atoms with van der Waals surface area (Å²) >= 11 is 0. The number of aliphatic hydroxyl groups excluding tert-OH is 1. The van der Waals surface area contributed by atoms with Crippen LogP contribution in [0.25, 0.3) is 0 Å². The van der Waals surface area contributed by atoms with Crippen molar-refractivity contribution in [3.05, 3.63) is 71.3 Å². The zero-order chi connectivity index (χ0) is 15.9. The predicted molar refractivity (Wildman–Crippen MR) is 88.1 cm³/mol. The van der Waals surface area contributed by atoms with E-state index >= 15 is 0 Å². The Kier molecular flexibility index (Phi) is 5.71. The van der Waals surface area contributed by atoms with E-state index in [-0.39, 0.29) is 6.04 Å². The van der Waals surface area contributed by atoms with Crippen molar-refractivity contribution < 1.29 is 5.11 Å². The maximum atomic E-state index is 10.3. The lowest BCUT2D eigenvalue weighted by Gasteiger charge is -2.24. The molecular formula is C19H22N2O. The highest BCUT2D eigenvalue weighted by molar-refractivity contribution is 5.32. The monoisotopic (exact) mass is 294 g/mol. The highest BCUT2D eigenvalue weighted by atomic mass is 16.3. The average molecular weight is 294 g/mol. The van der Waals surface area contributed by atoms with Crippen molar-refractivity contribution in [1.82, 2.24) is 5.32 Å². The van der Waals surface area contributed by atoms with E-state index in [1.807, 2.05) is 18.2 Å². The van der Waals surface area contributed by atoms with E-state index in [9.17, 15) is 5.11 Å². The van der Waals surface area contributed by atoms with Crippen molar-refractivity contribution in [3.63, 3.8) is 0 Å². The van der Waals surface area contributed by atoms with Gasteiger partial charge in [0.1, 0.15) is 0 Å². The van der Waals surface area contributed by atoms with Gasteiger partial charge in [0.2, 0.25) is 0 Å². The van der Waals surface area contributed by atoms with Crippen LogP contribution in [0.1, 0.15) is 42.7 Å². The Morgan fingerprint density at radius 2 is 1.64 bits per heavy atom. The van der Waals surface area contributed by atoms with Gasteiger partial charge in [-0.3, -0.25) is 0 Å². The number of nitriles is 1. The zero-order valence-corrected chi connectivity index (χ0v) is 13.0. The van der Waals surface area contributed by atoms with Gasteiger partial charge in [-0.2, -0.15) is 5.26 Å². The topological polar surface area (TPSA) is 56.0 Å². The molecule has 0 aliphatic carbocycles. The van der Waals surface area contributed by atoms with Crippen LogP contribution in [0.3, 0.4) is 0 Å². The summed E-state index contributed by atoms with van der Waals surface area (Å²) in [5.41, 5.74) is 2.65. The first kappa shape index (κ1) is 16.2. The van der Waals surface area contributed by atoms with Crippen LogP contribution >= 0.6 is 0 Å². The van der Waals surface area contributed by atoms with Crippen LogP contribution in [0.2, 0.25) is 0 Å². The Hall–Kier alpha value is -2.15. The lowest BCUT2D eigenvalue weighted by Crippen LogP contribution is -2.29. The Labute approximate surface area is 132 Å².